The molecule has 3 rings (SSSR count). The molecule has 2 aliphatic rings. The lowest BCUT2D eigenvalue weighted by molar-refractivity contribution is -0.146. The zero-order valence-electron chi connectivity index (χ0n) is 13.3. The van der Waals surface area contributed by atoms with E-state index < -0.39 is 23.8 Å². The molecule has 24 heavy (non-hydrogen) atoms. The summed E-state index contributed by atoms with van der Waals surface area (Å²) in [6.07, 6.45) is 4.54. The lowest BCUT2D eigenvalue weighted by Gasteiger charge is -2.23. The van der Waals surface area contributed by atoms with Crippen LogP contribution < -0.4 is 5.32 Å². The molecule has 2 N–H and O–H groups in total. The molecule has 1 amide bonds. The van der Waals surface area contributed by atoms with E-state index in [1.54, 1.807) is 25.1 Å². The minimum Gasteiger partial charge on any atom is -0.481 e. The fourth-order valence-electron chi connectivity index (χ4n) is 3.68. The molecule has 0 unspecified atom stereocenters. The van der Waals surface area contributed by atoms with E-state index in [0.29, 0.717) is 17.7 Å². The van der Waals surface area contributed by atoms with Gasteiger partial charge in [0.25, 0.3) is 0 Å². The summed E-state index contributed by atoms with van der Waals surface area (Å²) >= 11 is 0. The van der Waals surface area contributed by atoms with Gasteiger partial charge in [0.15, 0.2) is 0 Å². The van der Waals surface area contributed by atoms with Gasteiger partial charge in [-0.2, -0.15) is 0 Å². The number of amides is 1. The Morgan fingerprint density at radius 2 is 1.92 bits per heavy atom. The molecular formula is C18H19NO5. The van der Waals surface area contributed by atoms with Gasteiger partial charge in [0.05, 0.1) is 24.0 Å². The SMILES string of the molecule is CCOC(=O)c1cccc(NC(=O)[C@H]2[C@@H](C(=O)O)[C@H]3C=C[C@H]2C3)c1. The maximum atomic E-state index is 12.6. The number of carboxylic acid groups (broad SMARTS) is 1. The van der Waals surface area contributed by atoms with Gasteiger partial charge in [0, 0.05) is 5.69 Å². The van der Waals surface area contributed by atoms with E-state index in [4.69, 9.17) is 4.74 Å². The van der Waals surface area contributed by atoms with Crippen LogP contribution in [0.25, 0.3) is 0 Å². The lowest BCUT2D eigenvalue weighted by Crippen LogP contribution is -2.36. The fraction of sp³-hybridized carbons (Fsp3) is 0.389. The van der Waals surface area contributed by atoms with Gasteiger partial charge in [-0.3, -0.25) is 9.59 Å². The van der Waals surface area contributed by atoms with Crippen LogP contribution in [0.4, 0.5) is 5.69 Å². The number of anilines is 1. The molecular weight excluding hydrogens is 310 g/mol. The summed E-state index contributed by atoms with van der Waals surface area (Å²) in [5, 5.41) is 12.2. The van der Waals surface area contributed by atoms with Gasteiger partial charge < -0.3 is 15.2 Å². The molecule has 0 heterocycles. The van der Waals surface area contributed by atoms with Gasteiger partial charge in [0.2, 0.25) is 5.91 Å². The van der Waals surface area contributed by atoms with Gasteiger partial charge >= 0.3 is 11.9 Å². The highest BCUT2D eigenvalue weighted by Crippen LogP contribution is 2.48. The number of hydrogen-bond acceptors (Lipinski definition) is 4. The van der Waals surface area contributed by atoms with E-state index in [0.717, 1.165) is 0 Å². The van der Waals surface area contributed by atoms with Crippen LogP contribution in [0.15, 0.2) is 36.4 Å². The second-order valence-electron chi connectivity index (χ2n) is 6.13. The molecule has 0 saturated heterocycles. The average molecular weight is 329 g/mol. The molecule has 126 valence electrons. The van der Waals surface area contributed by atoms with Crippen molar-refractivity contribution in [1.82, 2.24) is 0 Å². The van der Waals surface area contributed by atoms with E-state index in [2.05, 4.69) is 5.32 Å². The first kappa shape index (κ1) is 16.2. The number of allylic oxidation sites excluding steroid dienone is 2. The van der Waals surface area contributed by atoms with Gasteiger partial charge in [-0.1, -0.05) is 18.2 Å². The van der Waals surface area contributed by atoms with Gasteiger partial charge in [0.1, 0.15) is 0 Å². The number of carbonyl (C=O) groups is 3. The molecule has 2 bridgehead atoms. The van der Waals surface area contributed by atoms with Crippen LogP contribution >= 0.6 is 0 Å². The molecule has 0 spiro atoms. The van der Waals surface area contributed by atoms with E-state index in [-0.39, 0.29) is 24.3 Å². The van der Waals surface area contributed by atoms with Gasteiger partial charge in [-0.15, -0.1) is 0 Å². The van der Waals surface area contributed by atoms with E-state index in [9.17, 15) is 19.5 Å². The van der Waals surface area contributed by atoms with Crippen molar-refractivity contribution in [2.75, 3.05) is 11.9 Å². The summed E-state index contributed by atoms with van der Waals surface area (Å²) < 4.78 is 4.94. The Labute approximate surface area is 139 Å². The number of ether oxygens (including phenoxy) is 1. The molecule has 2 aliphatic carbocycles. The Balaban J connectivity index is 1.75. The van der Waals surface area contributed by atoms with Crippen molar-refractivity contribution in [2.45, 2.75) is 13.3 Å². The predicted molar refractivity (Wildman–Crippen MR) is 86.4 cm³/mol. The highest BCUT2D eigenvalue weighted by Gasteiger charge is 2.51. The molecule has 0 aromatic heterocycles. The monoisotopic (exact) mass is 329 g/mol. The van der Waals surface area contributed by atoms with Crippen molar-refractivity contribution in [2.24, 2.45) is 23.7 Å². The Morgan fingerprint density at radius 3 is 2.58 bits per heavy atom. The first-order chi connectivity index (χ1) is 11.5. The Kier molecular flexibility index (Phi) is 4.38. The Hall–Kier alpha value is -2.63. The largest absolute Gasteiger partial charge is 0.481 e. The van der Waals surface area contributed by atoms with Crippen LogP contribution in [0.2, 0.25) is 0 Å². The van der Waals surface area contributed by atoms with E-state index >= 15 is 0 Å². The number of hydrogen-bond donors (Lipinski definition) is 2. The van der Waals surface area contributed by atoms with Crippen molar-refractivity contribution in [3.63, 3.8) is 0 Å². The molecule has 4 atom stereocenters. The summed E-state index contributed by atoms with van der Waals surface area (Å²) in [7, 11) is 0. The smallest absolute Gasteiger partial charge is 0.338 e. The Bertz CT molecular complexity index is 711. The molecule has 6 nitrogen and oxygen atoms in total. The van der Waals surface area contributed by atoms with Crippen LogP contribution in [-0.4, -0.2) is 29.6 Å². The average Bonchev–Trinajstić information content (AvgIpc) is 3.16. The zero-order chi connectivity index (χ0) is 17.3. The molecule has 1 aromatic carbocycles. The quantitative estimate of drug-likeness (QED) is 0.639. The van der Waals surface area contributed by atoms with E-state index in [1.807, 2.05) is 12.2 Å². The van der Waals surface area contributed by atoms with E-state index in [1.165, 1.54) is 6.07 Å². The summed E-state index contributed by atoms with van der Waals surface area (Å²) in [6, 6.07) is 6.46. The first-order valence-electron chi connectivity index (χ1n) is 8.00. The topological polar surface area (TPSA) is 92.7 Å². The second-order valence-corrected chi connectivity index (χ2v) is 6.13. The van der Waals surface area contributed by atoms with Gasteiger partial charge in [-0.05, 0) is 43.4 Å². The summed E-state index contributed by atoms with van der Waals surface area (Å²) in [5.41, 5.74) is 0.804. The number of carboxylic acids is 1. The number of benzene rings is 1. The maximum Gasteiger partial charge on any atom is 0.338 e. The standard InChI is InChI=1S/C18H19NO5/c1-2-24-18(23)12-4-3-5-13(9-12)19-16(20)14-10-6-7-11(8-10)15(14)17(21)22/h3-7,9-11,14-15H,2,8H2,1H3,(H,19,20)(H,21,22)/t10-,11-,14+,15-/m0/s1. The molecule has 0 radical (unpaired) electrons. The third-order valence-electron chi connectivity index (χ3n) is 4.69. The van der Waals surface area contributed by atoms with Crippen LogP contribution in [0.5, 0.6) is 0 Å². The van der Waals surface area contributed by atoms with Crippen LogP contribution in [0.3, 0.4) is 0 Å². The highest BCUT2D eigenvalue weighted by molar-refractivity contribution is 5.98. The number of nitrogens with one attached hydrogen (secondary N) is 1. The normalized spacial score (nSPS) is 27.0. The maximum absolute atomic E-state index is 12.6. The molecule has 1 saturated carbocycles. The highest BCUT2D eigenvalue weighted by atomic mass is 16.5. The van der Waals surface area contributed by atoms with Crippen molar-refractivity contribution < 1.29 is 24.2 Å². The van der Waals surface area contributed by atoms with Crippen LogP contribution in [0.1, 0.15) is 23.7 Å². The van der Waals surface area contributed by atoms with Gasteiger partial charge in [-0.25, -0.2) is 4.79 Å². The van der Waals surface area contributed by atoms with Crippen molar-refractivity contribution in [1.29, 1.82) is 0 Å². The third-order valence-corrected chi connectivity index (χ3v) is 4.69. The second kappa shape index (κ2) is 6.47. The Morgan fingerprint density at radius 1 is 1.21 bits per heavy atom. The van der Waals surface area contributed by atoms with Crippen molar-refractivity contribution >= 4 is 23.5 Å². The third kappa shape index (κ3) is 2.91. The molecule has 1 aromatic rings. The molecule has 0 aliphatic heterocycles. The lowest BCUT2D eigenvalue weighted by atomic mass is 9.82. The van der Waals surface area contributed by atoms with Crippen molar-refractivity contribution in [3.8, 4) is 0 Å². The number of aliphatic carboxylic acids is 1. The van der Waals surface area contributed by atoms with Crippen LogP contribution in [0, 0.1) is 23.7 Å². The molecule has 1 fully saturated rings. The zero-order valence-corrected chi connectivity index (χ0v) is 13.3. The first-order valence-corrected chi connectivity index (χ1v) is 8.00. The number of rotatable bonds is 5. The fourth-order valence-corrected chi connectivity index (χ4v) is 3.68. The van der Waals surface area contributed by atoms with Crippen LogP contribution in [-0.2, 0) is 14.3 Å². The minimum absolute atomic E-state index is 0.0376. The number of carbonyl (C=O) groups excluding carboxylic acids is 2. The number of esters is 1. The number of fused-ring (bicyclic) bond motifs is 2. The minimum atomic E-state index is -0.938. The predicted octanol–water partition coefficient (Wildman–Crippen LogP) is 2.32. The van der Waals surface area contributed by atoms with Crippen molar-refractivity contribution in [3.05, 3.63) is 42.0 Å². The summed E-state index contributed by atoms with van der Waals surface area (Å²) in [6.45, 7) is 1.99. The summed E-state index contributed by atoms with van der Waals surface area (Å²) in [4.78, 5) is 35.9. The molecule has 6 heteroatoms. The summed E-state index contributed by atoms with van der Waals surface area (Å²) in [5.74, 6) is -3.09.